The molecule has 20 heavy (non-hydrogen) atoms. The molecule has 3 aromatic rings. The van der Waals surface area contributed by atoms with Crippen molar-refractivity contribution in [2.75, 3.05) is 14.2 Å². The van der Waals surface area contributed by atoms with Gasteiger partial charge in [0.15, 0.2) is 11.5 Å². The molecule has 0 atom stereocenters. The van der Waals surface area contributed by atoms with Crippen molar-refractivity contribution < 1.29 is 9.47 Å². The van der Waals surface area contributed by atoms with Gasteiger partial charge in [0.1, 0.15) is 6.33 Å². The Labute approximate surface area is 123 Å². The second-order valence-electron chi connectivity index (χ2n) is 4.15. The topological polar surface area (TPSA) is 36.3 Å². The molecule has 0 spiro atoms. The fourth-order valence-electron chi connectivity index (χ4n) is 2.13. The maximum Gasteiger partial charge on any atom is 0.163 e. The van der Waals surface area contributed by atoms with Crippen molar-refractivity contribution in [1.82, 2.24) is 9.55 Å². The highest BCUT2D eigenvalue weighted by atomic mass is 35.5. The van der Waals surface area contributed by atoms with Gasteiger partial charge in [-0.25, -0.2) is 4.98 Å². The second kappa shape index (κ2) is 5.84. The maximum absolute atomic E-state index is 5.34. The number of aromatic nitrogens is 2. The zero-order valence-electron chi connectivity index (χ0n) is 11.2. The highest BCUT2D eigenvalue weighted by Crippen LogP contribution is 2.32. The van der Waals surface area contributed by atoms with Crippen molar-refractivity contribution in [2.45, 2.75) is 0 Å². The van der Waals surface area contributed by atoms with Crippen LogP contribution in [-0.4, -0.2) is 23.8 Å². The summed E-state index contributed by atoms with van der Waals surface area (Å²) in [5.74, 6) is 1.39. The lowest BCUT2D eigenvalue weighted by Crippen LogP contribution is -1.94. The third-order valence-electron chi connectivity index (χ3n) is 3.09. The molecule has 0 amide bonds. The molecule has 1 aromatic heterocycles. The minimum Gasteiger partial charge on any atom is -0.493 e. The first-order valence-electron chi connectivity index (χ1n) is 5.98. The van der Waals surface area contributed by atoms with E-state index in [0.717, 1.165) is 16.7 Å². The van der Waals surface area contributed by atoms with Crippen LogP contribution in [0.1, 0.15) is 0 Å². The Balaban J connectivity index is 0.00000147. The molecule has 0 N–H and O–H groups in total. The number of imidazole rings is 1. The molecule has 0 aliphatic rings. The molecule has 0 aliphatic carbocycles. The van der Waals surface area contributed by atoms with Crippen LogP contribution in [0.25, 0.3) is 16.7 Å². The van der Waals surface area contributed by atoms with Crippen LogP contribution in [0.4, 0.5) is 0 Å². The minimum absolute atomic E-state index is 0. The number of fused-ring (bicyclic) bond motifs is 1. The van der Waals surface area contributed by atoms with Gasteiger partial charge in [-0.15, -0.1) is 12.4 Å². The molecule has 0 fully saturated rings. The summed E-state index contributed by atoms with van der Waals surface area (Å²) in [6.45, 7) is 0. The number of hydrogen-bond donors (Lipinski definition) is 0. The Morgan fingerprint density at radius 2 is 1.60 bits per heavy atom. The maximum atomic E-state index is 5.34. The molecule has 0 radical (unpaired) electrons. The summed E-state index contributed by atoms with van der Waals surface area (Å²) in [4.78, 5) is 4.41. The molecule has 0 bridgehead atoms. The van der Waals surface area contributed by atoms with E-state index in [2.05, 4.69) is 4.98 Å². The zero-order chi connectivity index (χ0) is 13.2. The quantitative estimate of drug-likeness (QED) is 0.741. The fraction of sp³-hybridized carbons (Fsp3) is 0.133. The van der Waals surface area contributed by atoms with Gasteiger partial charge in [-0.1, -0.05) is 18.2 Å². The van der Waals surface area contributed by atoms with Crippen LogP contribution in [0.15, 0.2) is 48.8 Å². The highest BCUT2D eigenvalue weighted by Gasteiger charge is 2.10. The van der Waals surface area contributed by atoms with Gasteiger partial charge in [-0.05, 0) is 12.1 Å². The van der Waals surface area contributed by atoms with Crippen molar-refractivity contribution >= 4 is 23.4 Å². The first kappa shape index (κ1) is 14.2. The van der Waals surface area contributed by atoms with Gasteiger partial charge in [0, 0.05) is 17.8 Å². The Morgan fingerprint density at radius 3 is 2.25 bits per heavy atom. The first-order valence-corrected chi connectivity index (χ1v) is 5.98. The summed E-state index contributed by atoms with van der Waals surface area (Å²) in [5, 5.41) is 0. The highest BCUT2D eigenvalue weighted by molar-refractivity contribution is 5.85. The van der Waals surface area contributed by atoms with Crippen LogP contribution in [0, 0.1) is 0 Å². The van der Waals surface area contributed by atoms with E-state index in [1.807, 2.05) is 47.0 Å². The molecule has 1 heterocycles. The van der Waals surface area contributed by atoms with Crippen molar-refractivity contribution in [3.63, 3.8) is 0 Å². The molecule has 5 heteroatoms. The Morgan fingerprint density at radius 1 is 0.950 bits per heavy atom. The summed E-state index contributed by atoms with van der Waals surface area (Å²) in [6, 6.07) is 13.9. The van der Waals surface area contributed by atoms with Gasteiger partial charge in [0.05, 0.1) is 25.3 Å². The molecule has 0 aliphatic heterocycles. The van der Waals surface area contributed by atoms with Gasteiger partial charge in [-0.2, -0.15) is 0 Å². The number of nitrogens with zero attached hydrogens (tertiary/aromatic N) is 2. The average molecular weight is 291 g/mol. The predicted molar refractivity (Wildman–Crippen MR) is 81.4 cm³/mol. The monoisotopic (exact) mass is 290 g/mol. The Hall–Kier alpha value is -2.20. The number of halogens is 1. The summed E-state index contributed by atoms with van der Waals surface area (Å²) in [7, 11) is 3.25. The third-order valence-corrected chi connectivity index (χ3v) is 3.09. The van der Waals surface area contributed by atoms with Gasteiger partial charge >= 0.3 is 0 Å². The van der Waals surface area contributed by atoms with Gasteiger partial charge < -0.3 is 9.47 Å². The zero-order valence-corrected chi connectivity index (χ0v) is 12.1. The van der Waals surface area contributed by atoms with Crippen molar-refractivity contribution in [2.24, 2.45) is 0 Å². The minimum atomic E-state index is 0. The lowest BCUT2D eigenvalue weighted by Gasteiger charge is -2.09. The van der Waals surface area contributed by atoms with E-state index in [1.54, 1.807) is 20.5 Å². The first-order chi connectivity index (χ1) is 9.33. The van der Waals surface area contributed by atoms with E-state index in [0.29, 0.717) is 11.5 Å². The Kier molecular flexibility index (Phi) is 4.15. The van der Waals surface area contributed by atoms with E-state index in [4.69, 9.17) is 9.47 Å². The van der Waals surface area contributed by atoms with Crippen LogP contribution in [0.2, 0.25) is 0 Å². The molecule has 4 nitrogen and oxygen atoms in total. The number of hydrogen-bond acceptors (Lipinski definition) is 3. The van der Waals surface area contributed by atoms with Crippen LogP contribution >= 0.6 is 12.4 Å². The van der Waals surface area contributed by atoms with E-state index in [-0.39, 0.29) is 12.4 Å². The van der Waals surface area contributed by atoms with Crippen molar-refractivity contribution in [1.29, 1.82) is 0 Å². The van der Waals surface area contributed by atoms with Crippen LogP contribution in [-0.2, 0) is 0 Å². The van der Waals surface area contributed by atoms with Crippen LogP contribution in [0.3, 0.4) is 0 Å². The number of benzene rings is 2. The lowest BCUT2D eigenvalue weighted by atomic mass is 10.2. The normalized spacial score (nSPS) is 10.1. The van der Waals surface area contributed by atoms with E-state index in [1.165, 1.54) is 0 Å². The largest absolute Gasteiger partial charge is 0.493 e. The van der Waals surface area contributed by atoms with Gasteiger partial charge in [0.2, 0.25) is 0 Å². The number of methoxy groups -OCH3 is 2. The molecule has 104 valence electrons. The molecular formula is C15H15ClN2O2. The average Bonchev–Trinajstić information content (AvgIpc) is 2.89. The standard InChI is InChI=1S/C15H14N2O2.ClH/c1-18-14-8-12-13(9-15(14)19-2)17(10-16-12)11-6-4-3-5-7-11;/h3-10H,1-2H3;1H. The summed E-state index contributed by atoms with van der Waals surface area (Å²) in [5.41, 5.74) is 2.93. The van der Waals surface area contributed by atoms with Crippen molar-refractivity contribution in [3.05, 3.63) is 48.8 Å². The Bertz CT molecular complexity index is 710. The molecular weight excluding hydrogens is 276 g/mol. The predicted octanol–water partition coefficient (Wildman–Crippen LogP) is 3.46. The molecule has 3 rings (SSSR count). The van der Waals surface area contributed by atoms with E-state index >= 15 is 0 Å². The summed E-state index contributed by atoms with van der Waals surface area (Å²) < 4.78 is 12.6. The summed E-state index contributed by atoms with van der Waals surface area (Å²) >= 11 is 0. The molecule has 0 saturated carbocycles. The third kappa shape index (κ3) is 2.30. The van der Waals surface area contributed by atoms with E-state index < -0.39 is 0 Å². The smallest absolute Gasteiger partial charge is 0.163 e. The number of ether oxygens (including phenoxy) is 2. The van der Waals surface area contributed by atoms with Crippen LogP contribution < -0.4 is 9.47 Å². The van der Waals surface area contributed by atoms with Gasteiger partial charge in [-0.3, -0.25) is 4.57 Å². The molecule has 0 saturated heterocycles. The van der Waals surface area contributed by atoms with E-state index in [9.17, 15) is 0 Å². The molecule has 2 aromatic carbocycles. The second-order valence-corrected chi connectivity index (χ2v) is 4.15. The lowest BCUT2D eigenvalue weighted by molar-refractivity contribution is 0.355. The van der Waals surface area contributed by atoms with Gasteiger partial charge in [0.25, 0.3) is 0 Å². The number of rotatable bonds is 3. The van der Waals surface area contributed by atoms with Crippen molar-refractivity contribution in [3.8, 4) is 17.2 Å². The number of para-hydroxylation sites is 1. The van der Waals surface area contributed by atoms with Crippen LogP contribution in [0.5, 0.6) is 11.5 Å². The SMILES string of the molecule is COc1cc2ncn(-c3ccccc3)c2cc1OC.Cl. The molecule has 0 unspecified atom stereocenters. The summed E-state index contributed by atoms with van der Waals surface area (Å²) in [6.07, 6.45) is 1.80. The fourth-order valence-corrected chi connectivity index (χ4v) is 2.13.